The number of rotatable bonds is 10. The molecule has 0 aliphatic heterocycles. The first-order valence-corrected chi connectivity index (χ1v) is 14.8. The number of ether oxygens (including phenoxy) is 2. The molecule has 0 radical (unpaired) electrons. The van der Waals surface area contributed by atoms with Crippen molar-refractivity contribution >= 4 is 21.7 Å². The van der Waals surface area contributed by atoms with Crippen LogP contribution in [0.5, 0.6) is 5.75 Å². The molecule has 9 heteroatoms. The number of benzene rings is 2. The van der Waals surface area contributed by atoms with Gasteiger partial charge in [0.25, 0.3) is 0 Å². The normalized spacial score (nSPS) is 18.6. The van der Waals surface area contributed by atoms with Gasteiger partial charge in [0.15, 0.2) is 16.4 Å². The predicted molar refractivity (Wildman–Crippen MR) is 145 cm³/mol. The highest BCUT2D eigenvalue weighted by Crippen LogP contribution is 2.37. The lowest BCUT2D eigenvalue weighted by atomic mass is 9.92. The number of amides is 1. The summed E-state index contributed by atoms with van der Waals surface area (Å²) in [6.45, 7) is 5.16. The molecular formula is C29H39NO7S. The van der Waals surface area contributed by atoms with E-state index in [1.165, 1.54) is 12.1 Å². The fourth-order valence-electron chi connectivity index (χ4n) is 4.75. The number of nitrogens with zero attached hydrogens (tertiary/aromatic N) is 1. The zero-order valence-electron chi connectivity index (χ0n) is 22.8. The van der Waals surface area contributed by atoms with E-state index in [4.69, 9.17) is 9.47 Å². The van der Waals surface area contributed by atoms with Crippen LogP contribution in [-0.4, -0.2) is 61.9 Å². The number of carbonyl (C=O) groups is 2. The minimum Gasteiger partial charge on any atom is -0.482 e. The van der Waals surface area contributed by atoms with Crippen molar-refractivity contribution in [2.24, 2.45) is 5.92 Å². The summed E-state index contributed by atoms with van der Waals surface area (Å²) in [6.07, 6.45) is 3.97. The zero-order chi connectivity index (χ0) is 28.1. The number of sulfone groups is 1. The fourth-order valence-corrected chi connectivity index (χ4v) is 5.38. The summed E-state index contributed by atoms with van der Waals surface area (Å²) in [6, 6.07) is 13.4. The van der Waals surface area contributed by atoms with Crippen molar-refractivity contribution in [3.8, 4) is 5.75 Å². The molecule has 2 aromatic rings. The fraction of sp³-hybridized carbons (Fsp3) is 0.517. The van der Waals surface area contributed by atoms with Gasteiger partial charge >= 0.3 is 5.97 Å². The van der Waals surface area contributed by atoms with Crippen molar-refractivity contribution in [3.63, 3.8) is 0 Å². The maximum atomic E-state index is 13.3. The predicted octanol–water partition coefficient (Wildman–Crippen LogP) is 4.10. The van der Waals surface area contributed by atoms with Gasteiger partial charge in [0.2, 0.25) is 5.91 Å². The van der Waals surface area contributed by atoms with Crippen LogP contribution in [-0.2, 0) is 30.6 Å². The molecule has 0 bridgehead atoms. The maximum Gasteiger partial charge on any atom is 0.344 e. The summed E-state index contributed by atoms with van der Waals surface area (Å²) in [4.78, 5) is 27.4. The molecule has 2 aromatic carbocycles. The molecule has 1 fully saturated rings. The van der Waals surface area contributed by atoms with Crippen molar-refractivity contribution in [1.82, 2.24) is 4.90 Å². The van der Waals surface area contributed by atoms with Crippen LogP contribution in [0.2, 0.25) is 0 Å². The average Bonchev–Trinajstić information content (AvgIpc) is 3.24. The Morgan fingerprint density at radius 3 is 2.37 bits per heavy atom. The Kier molecular flexibility index (Phi) is 9.59. The molecule has 8 nitrogen and oxygen atoms in total. The summed E-state index contributed by atoms with van der Waals surface area (Å²) in [5.74, 6) is 0.196. The lowest BCUT2D eigenvalue weighted by Gasteiger charge is -2.31. The van der Waals surface area contributed by atoms with Gasteiger partial charge in [0, 0.05) is 13.3 Å². The number of esters is 1. The zero-order valence-corrected chi connectivity index (χ0v) is 23.7. The molecule has 208 valence electrons. The average molecular weight is 546 g/mol. The highest BCUT2D eigenvalue weighted by atomic mass is 32.2. The van der Waals surface area contributed by atoms with Crippen LogP contribution in [0.25, 0.3) is 0 Å². The molecule has 0 heterocycles. The second-order valence-corrected chi connectivity index (χ2v) is 13.1. The van der Waals surface area contributed by atoms with Crippen molar-refractivity contribution in [3.05, 3.63) is 59.7 Å². The summed E-state index contributed by atoms with van der Waals surface area (Å²) >= 11 is 0. The molecule has 1 aliphatic carbocycles. The van der Waals surface area contributed by atoms with Crippen molar-refractivity contribution in [1.29, 1.82) is 0 Å². The maximum absolute atomic E-state index is 13.3. The van der Waals surface area contributed by atoms with E-state index in [0.717, 1.165) is 30.2 Å². The summed E-state index contributed by atoms with van der Waals surface area (Å²) in [7, 11) is -1.55. The van der Waals surface area contributed by atoms with E-state index in [0.29, 0.717) is 18.6 Å². The molecule has 0 aromatic heterocycles. The van der Waals surface area contributed by atoms with Crippen LogP contribution in [0.1, 0.15) is 63.6 Å². The molecule has 3 rings (SSSR count). The number of carbonyl (C=O) groups excluding carboxylic acids is 2. The number of hydrogen-bond donors (Lipinski definition) is 1. The van der Waals surface area contributed by atoms with E-state index < -0.39 is 21.4 Å². The highest BCUT2D eigenvalue weighted by Gasteiger charge is 2.30. The van der Waals surface area contributed by atoms with E-state index >= 15 is 0 Å². The number of hydrogen-bond acceptors (Lipinski definition) is 7. The van der Waals surface area contributed by atoms with Crippen molar-refractivity contribution in [2.75, 3.05) is 19.9 Å². The van der Waals surface area contributed by atoms with Crippen LogP contribution < -0.4 is 4.74 Å². The van der Waals surface area contributed by atoms with Gasteiger partial charge in [-0.05, 0) is 87.8 Å². The Morgan fingerprint density at radius 2 is 1.79 bits per heavy atom. The number of likely N-dealkylation sites (N-methyl/N-ethyl adjacent to an activating group) is 1. The third-order valence-corrected chi connectivity index (χ3v) is 7.79. The molecule has 38 heavy (non-hydrogen) atoms. The molecular weight excluding hydrogens is 506 g/mol. The van der Waals surface area contributed by atoms with Crippen molar-refractivity contribution < 1.29 is 32.6 Å². The summed E-state index contributed by atoms with van der Waals surface area (Å²) in [5, 5.41) is 10.1. The molecule has 0 spiro atoms. The van der Waals surface area contributed by atoms with Gasteiger partial charge in [-0.3, -0.25) is 4.79 Å². The second kappa shape index (κ2) is 12.3. The Morgan fingerprint density at radius 1 is 1.11 bits per heavy atom. The second-order valence-electron chi connectivity index (χ2n) is 11.1. The SMILES string of the molecule is CN(C(=O)Cc1ccc(S(C)(=O)=O)cc1)[C@@H](CC1CC[C@H](O)C1)c1cccc(OCC(=O)OC(C)(C)C)c1. The third-order valence-electron chi connectivity index (χ3n) is 6.66. The van der Waals surface area contributed by atoms with Crippen LogP contribution >= 0.6 is 0 Å². The van der Waals surface area contributed by atoms with Gasteiger partial charge in [-0.1, -0.05) is 24.3 Å². The van der Waals surface area contributed by atoms with E-state index in [2.05, 4.69) is 0 Å². The Labute approximate surface area is 225 Å². The molecule has 1 aliphatic rings. The highest BCUT2D eigenvalue weighted by molar-refractivity contribution is 7.90. The molecule has 3 atom stereocenters. The Hall–Kier alpha value is -2.91. The standard InChI is InChI=1S/C29H39NO7S/c1-29(2,3)37-28(33)19-36-24-8-6-7-22(18-24)26(16-21-9-12-23(31)15-21)30(4)27(32)17-20-10-13-25(14-11-20)38(5,34)35/h6-8,10-11,13-14,18,21,23,26,31H,9,12,15-17,19H2,1-5H3/t21?,23-,26-/m0/s1. The van der Waals surface area contributed by atoms with Gasteiger partial charge in [0.05, 0.1) is 23.5 Å². The molecule has 1 saturated carbocycles. The van der Waals surface area contributed by atoms with Gasteiger partial charge in [-0.15, -0.1) is 0 Å². The molecule has 0 saturated heterocycles. The minimum absolute atomic E-state index is 0.110. The van der Waals surface area contributed by atoms with Crippen LogP contribution in [0.15, 0.2) is 53.4 Å². The lowest BCUT2D eigenvalue weighted by Crippen LogP contribution is -2.33. The largest absolute Gasteiger partial charge is 0.482 e. The monoisotopic (exact) mass is 545 g/mol. The first kappa shape index (κ1) is 29.6. The first-order valence-electron chi connectivity index (χ1n) is 12.9. The quantitative estimate of drug-likeness (QED) is 0.448. The van der Waals surface area contributed by atoms with Crippen LogP contribution in [0.4, 0.5) is 0 Å². The number of aliphatic hydroxyl groups excluding tert-OH is 1. The van der Waals surface area contributed by atoms with E-state index in [1.807, 2.05) is 18.2 Å². The van der Waals surface area contributed by atoms with Gasteiger partial charge in [-0.2, -0.15) is 0 Å². The van der Waals surface area contributed by atoms with Gasteiger partial charge in [0.1, 0.15) is 11.4 Å². The topological polar surface area (TPSA) is 110 Å². The lowest BCUT2D eigenvalue weighted by molar-refractivity contribution is -0.157. The van der Waals surface area contributed by atoms with Crippen LogP contribution in [0, 0.1) is 5.92 Å². The van der Waals surface area contributed by atoms with E-state index in [9.17, 15) is 23.1 Å². The van der Waals surface area contributed by atoms with Crippen LogP contribution in [0.3, 0.4) is 0 Å². The summed E-state index contributed by atoms with van der Waals surface area (Å²) < 4.78 is 34.5. The van der Waals surface area contributed by atoms with E-state index in [-0.39, 0.29) is 41.9 Å². The Bertz CT molecular complexity index is 1220. The van der Waals surface area contributed by atoms with Gasteiger partial charge in [-0.25, -0.2) is 13.2 Å². The first-order chi connectivity index (χ1) is 17.7. The molecule has 1 N–H and O–H groups in total. The van der Waals surface area contributed by atoms with E-state index in [1.54, 1.807) is 50.9 Å². The summed E-state index contributed by atoms with van der Waals surface area (Å²) in [5.41, 5.74) is 0.989. The van der Waals surface area contributed by atoms with Gasteiger partial charge < -0.3 is 19.5 Å². The smallest absolute Gasteiger partial charge is 0.344 e. The minimum atomic E-state index is -3.31. The Balaban J connectivity index is 1.77. The molecule has 1 amide bonds. The number of aliphatic hydroxyl groups is 1. The van der Waals surface area contributed by atoms with Crippen molar-refractivity contribution in [2.45, 2.75) is 75.5 Å². The molecule has 1 unspecified atom stereocenters. The third kappa shape index (κ3) is 8.84.